The van der Waals surface area contributed by atoms with Gasteiger partial charge in [0.25, 0.3) is 0 Å². The lowest BCUT2D eigenvalue weighted by Crippen LogP contribution is -1.99. The van der Waals surface area contributed by atoms with E-state index in [4.69, 9.17) is 23.2 Å². The van der Waals surface area contributed by atoms with Crippen molar-refractivity contribution in [3.8, 4) is 0 Å². The maximum absolute atomic E-state index is 11.9. The van der Waals surface area contributed by atoms with Crippen LogP contribution in [0.4, 0.5) is 0 Å². The van der Waals surface area contributed by atoms with E-state index in [2.05, 4.69) is 0 Å². The van der Waals surface area contributed by atoms with Crippen LogP contribution >= 0.6 is 23.2 Å². The molecule has 98 valence electrons. The van der Waals surface area contributed by atoms with Gasteiger partial charge >= 0.3 is 0 Å². The Morgan fingerprint density at radius 2 is 1.74 bits per heavy atom. The zero-order valence-corrected chi connectivity index (χ0v) is 11.9. The van der Waals surface area contributed by atoms with E-state index in [-0.39, 0.29) is 5.78 Å². The molecule has 0 fully saturated rings. The molecular weight excluding hydrogens is 279 g/mol. The molecule has 0 spiro atoms. The number of rotatable bonds is 5. The largest absolute Gasteiger partial charge is 0.294 e. The van der Waals surface area contributed by atoms with Gasteiger partial charge in [-0.1, -0.05) is 59.6 Å². The molecule has 0 unspecified atom stereocenters. The van der Waals surface area contributed by atoms with Crippen molar-refractivity contribution >= 4 is 29.0 Å². The Kier molecular flexibility index (Phi) is 5.00. The molecule has 2 aromatic carbocycles. The lowest BCUT2D eigenvalue weighted by Gasteiger charge is -2.04. The highest BCUT2D eigenvalue weighted by atomic mass is 35.5. The van der Waals surface area contributed by atoms with E-state index in [1.807, 2.05) is 42.5 Å². The first-order valence-electron chi connectivity index (χ1n) is 6.19. The summed E-state index contributed by atoms with van der Waals surface area (Å²) in [7, 11) is 0. The summed E-state index contributed by atoms with van der Waals surface area (Å²) in [6, 6.07) is 14.8. The molecule has 0 aliphatic heterocycles. The topological polar surface area (TPSA) is 17.1 Å². The van der Waals surface area contributed by atoms with Gasteiger partial charge in [0.2, 0.25) is 0 Å². The average molecular weight is 293 g/mol. The van der Waals surface area contributed by atoms with Gasteiger partial charge in [0.1, 0.15) is 0 Å². The Bertz CT molecular complexity index is 564. The Hall–Kier alpha value is -1.31. The van der Waals surface area contributed by atoms with Crippen LogP contribution in [0.15, 0.2) is 48.5 Å². The Morgan fingerprint density at radius 3 is 2.42 bits per heavy atom. The lowest BCUT2D eigenvalue weighted by atomic mass is 10.0. The third kappa shape index (κ3) is 4.09. The summed E-state index contributed by atoms with van der Waals surface area (Å²) in [5.74, 6) is 0.172. The van der Waals surface area contributed by atoms with Crippen LogP contribution in [0.2, 0.25) is 10.0 Å². The summed E-state index contributed by atoms with van der Waals surface area (Å²) in [6.07, 6.45) is 2.10. The summed E-state index contributed by atoms with van der Waals surface area (Å²) in [4.78, 5) is 11.9. The maximum Gasteiger partial charge on any atom is 0.162 e. The Morgan fingerprint density at radius 1 is 1.00 bits per heavy atom. The fraction of sp³-hybridized carbons (Fsp3) is 0.188. The van der Waals surface area contributed by atoms with E-state index in [1.54, 1.807) is 6.07 Å². The SMILES string of the molecule is O=C(CCCc1ccc(Cl)cc1Cl)c1ccccc1. The highest BCUT2D eigenvalue weighted by molar-refractivity contribution is 6.35. The number of halogens is 2. The zero-order chi connectivity index (χ0) is 13.7. The van der Waals surface area contributed by atoms with Gasteiger partial charge < -0.3 is 0 Å². The molecule has 0 aliphatic carbocycles. The van der Waals surface area contributed by atoms with E-state index in [0.717, 1.165) is 24.0 Å². The van der Waals surface area contributed by atoms with Crippen LogP contribution < -0.4 is 0 Å². The molecule has 0 amide bonds. The van der Waals surface area contributed by atoms with Crippen molar-refractivity contribution in [3.05, 3.63) is 69.7 Å². The molecule has 2 rings (SSSR count). The van der Waals surface area contributed by atoms with Crippen molar-refractivity contribution in [3.63, 3.8) is 0 Å². The monoisotopic (exact) mass is 292 g/mol. The zero-order valence-electron chi connectivity index (χ0n) is 10.4. The van der Waals surface area contributed by atoms with Gasteiger partial charge in [0, 0.05) is 22.0 Å². The van der Waals surface area contributed by atoms with Crippen molar-refractivity contribution in [1.29, 1.82) is 0 Å². The van der Waals surface area contributed by atoms with E-state index in [1.165, 1.54) is 0 Å². The van der Waals surface area contributed by atoms with Gasteiger partial charge in [0.05, 0.1) is 0 Å². The van der Waals surface area contributed by atoms with Crippen LogP contribution in [0, 0.1) is 0 Å². The third-order valence-corrected chi connectivity index (χ3v) is 3.55. The first-order valence-corrected chi connectivity index (χ1v) is 6.94. The van der Waals surface area contributed by atoms with Crippen LogP contribution in [0.1, 0.15) is 28.8 Å². The molecule has 0 atom stereocenters. The number of ketones is 1. The van der Waals surface area contributed by atoms with Gasteiger partial charge in [-0.2, -0.15) is 0 Å². The molecule has 0 bridgehead atoms. The Labute approximate surface area is 123 Å². The molecule has 0 aromatic heterocycles. The summed E-state index contributed by atoms with van der Waals surface area (Å²) in [5.41, 5.74) is 1.80. The van der Waals surface area contributed by atoms with Crippen molar-refractivity contribution in [2.45, 2.75) is 19.3 Å². The summed E-state index contributed by atoms with van der Waals surface area (Å²) in [5, 5.41) is 1.30. The maximum atomic E-state index is 11.9. The minimum Gasteiger partial charge on any atom is -0.294 e. The molecule has 0 saturated carbocycles. The first kappa shape index (κ1) is 14.1. The van der Waals surface area contributed by atoms with Crippen LogP contribution in [-0.4, -0.2) is 5.78 Å². The molecule has 1 nitrogen and oxygen atoms in total. The minimum absolute atomic E-state index is 0.172. The fourth-order valence-corrected chi connectivity index (χ4v) is 2.44. The van der Waals surface area contributed by atoms with E-state index in [9.17, 15) is 4.79 Å². The lowest BCUT2D eigenvalue weighted by molar-refractivity contribution is 0.0980. The summed E-state index contributed by atoms with van der Waals surface area (Å²) in [6.45, 7) is 0. The fourth-order valence-electron chi connectivity index (χ4n) is 1.93. The Balaban J connectivity index is 1.88. The molecule has 0 radical (unpaired) electrons. The van der Waals surface area contributed by atoms with Crippen LogP contribution in [-0.2, 0) is 6.42 Å². The second-order valence-electron chi connectivity index (χ2n) is 4.38. The smallest absolute Gasteiger partial charge is 0.162 e. The molecule has 19 heavy (non-hydrogen) atoms. The number of carbonyl (C=O) groups is 1. The van der Waals surface area contributed by atoms with Gasteiger partial charge in [-0.05, 0) is 30.5 Å². The van der Waals surface area contributed by atoms with Gasteiger partial charge in [-0.15, -0.1) is 0 Å². The second kappa shape index (κ2) is 6.74. The highest BCUT2D eigenvalue weighted by Gasteiger charge is 2.06. The molecule has 0 saturated heterocycles. The standard InChI is InChI=1S/C16H14Cl2O/c17-14-10-9-12(15(18)11-14)7-4-8-16(19)13-5-2-1-3-6-13/h1-3,5-6,9-11H,4,7-8H2. The summed E-state index contributed by atoms with van der Waals surface area (Å²) < 4.78 is 0. The van der Waals surface area contributed by atoms with Gasteiger partial charge in [-0.25, -0.2) is 0 Å². The summed E-state index contributed by atoms with van der Waals surface area (Å²) >= 11 is 11.9. The van der Waals surface area contributed by atoms with Crippen molar-refractivity contribution in [2.24, 2.45) is 0 Å². The van der Waals surface area contributed by atoms with Crippen molar-refractivity contribution < 1.29 is 4.79 Å². The molecule has 3 heteroatoms. The molecular formula is C16H14Cl2O. The van der Waals surface area contributed by atoms with Crippen LogP contribution in [0.5, 0.6) is 0 Å². The quantitative estimate of drug-likeness (QED) is 0.692. The highest BCUT2D eigenvalue weighted by Crippen LogP contribution is 2.22. The minimum atomic E-state index is 0.172. The number of hydrogen-bond donors (Lipinski definition) is 0. The average Bonchev–Trinajstić information content (AvgIpc) is 2.42. The number of carbonyl (C=O) groups excluding carboxylic acids is 1. The predicted molar refractivity (Wildman–Crippen MR) is 80.2 cm³/mol. The van der Waals surface area contributed by atoms with Gasteiger partial charge in [-0.3, -0.25) is 4.79 Å². The number of Topliss-reactive ketones (excluding diaryl/α,β-unsaturated/α-hetero) is 1. The molecule has 2 aromatic rings. The number of aryl methyl sites for hydroxylation is 1. The van der Waals surface area contributed by atoms with Crippen LogP contribution in [0.25, 0.3) is 0 Å². The second-order valence-corrected chi connectivity index (χ2v) is 5.22. The van der Waals surface area contributed by atoms with Crippen LogP contribution in [0.3, 0.4) is 0 Å². The third-order valence-electron chi connectivity index (χ3n) is 2.96. The van der Waals surface area contributed by atoms with E-state index < -0.39 is 0 Å². The first-order chi connectivity index (χ1) is 9.16. The van der Waals surface area contributed by atoms with E-state index >= 15 is 0 Å². The molecule has 0 heterocycles. The number of benzene rings is 2. The van der Waals surface area contributed by atoms with Crippen molar-refractivity contribution in [2.75, 3.05) is 0 Å². The normalized spacial score (nSPS) is 10.4. The van der Waals surface area contributed by atoms with Gasteiger partial charge in [0.15, 0.2) is 5.78 Å². The molecule has 0 N–H and O–H groups in total. The molecule has 0 aliphatic rings. The predicted octanol–water partition coefficient (Wildman–Crippen LogP) is 5.20. The van der Waals surface area contributed by atoms with E-state index in [0.29, 0.717) is 16.5 Å². The van der Waals surface area contributed by atoms with Crippen molar-refractivity contribution in [1.82, 2.24) is 0 Å². The number of hydrogen-bond acceptors (Lipinski definition) is 1.